The maximum Gasteiger partial charge on any atom is 0.258 e. The largest absolute Gasteiger partial charge is 0.269 e. The summed E-state index contributed by atoms with van der Waals surface area (Å²) in [4.78, 5) is 51.4. The number of hydrogen-bond acceptors (Lipinski definition) is 4. The van der Waals surface area contributed by atoms with Gasteiger partial charge in [0.15, 0.2) is 0 Å². The molecule has 6 heteroatoms. The van der Waals surface area contributed by atoms with Crippen LogP contribution in [0.2, 0.25) is 0 Å². The van der Waals surface area contributed by atoms with Crippen LogP contribution in [0.4, 0.5) is 11.4 Å². The summed E-state index contributed by atoms with van der Waals surface area (Å²) >= 11 is 0. The summed E-state index contributed by atoms with van der Waals surface area (Å²) in [6, 6.07) is 11.2. The van der Waals surface area contributed by atoms with Gasteiger partial charge in [-0.3, -0.25) is 19.2 Å². The second-order valence-electron chi connectivity index (χ2n) is 6.60. The van der Waals surface area contributed by atoms with Gasteiger partial charge < -0.3 is 0 Å². The Balaban J connectivity index is 2.01. The van der Waals surface area contributed by atoms with Crippen LogP contribution >= 0.6 is 0 Å². The van der Waals surface area contributed by atoms with Crippen LogP contribution in [0.25, 0.3) is 11.1 Å². The van der Waals surface area contributed by atoms with Crippen molar-refractivity contribution >= 4 is 35.0 Å². The molecule has 0 spiro atoms. The third-order valence-electron chi connectivity index (χ3n) is 5.01. The Kier molecular flexibility index (Phi) is 4.04. The molecule has 2 aromatic rings. The minimum atomic E-state index is -0.513. The van der Waals surface area contributed by atoms with Gasteiger partial charge in [-0.15, -0.1) is 0 Å². The number of hydrogen-bond donors (Lipinski definition) is 0. The highest BCUT2D eigenvalue weighted by Crippen LogP contribution is 2.42. The van der Waals surface area contributed by atoms with Crippen LogP contribution in [-0.4, -0.2) is 23.6 Å². The van der Waals surface area contributed by atoms with Gasteiger partial charge in [0.25, 0.3) is 23.6 Å². The van der Waals surface area contributed by atoms with Gasteiger partial charge in [-0.2, -0.15) is 0 Å². The lowest BCUT2D eigenvalue weighted by Gasteiger charge is -2.27. The highest BCUT2D eigenvalue weighted by Gasteiger charge is 2.35. The van der Waals surface area contributed by atoms with Crippen LogP contribution < -0.4 is 9.80 Å². The molecule has 0 radical (unpaired) electrons. The zero-order valence-corrected chi connectivity index (χ0v) is 15.3. The number of carbonyl (C=O) groups excluding carboxylic acids is 4. The molecule has 0 unspecified atom stereocenters. The second kappa shape index (κ2) is 6.42. The fraction of sp³-hybridized carbons (Fsp3) is 0.0909. The zero-order valence-electron chi connectivity index (χ0n) is 15.3. The molecule has 0 saturated carbocycles. The monoisotopic (exact) mass is 372 g/mol. The quantitative estimate of drug-likeness (QED) is 0.777. The van der Waals surface area contributed by atoms with E-state index in [0.717, 1.165) is 26.5 Å². The van der Waals surface area contributed by atoms with Gasteiger partial charge in [0.05, 0.1) is 11.4 Å². The van der Waals surface area contributed by atoms with Crippen LogP contribution in [-0.2, 0) is 19.2 Å². The molecule has 0 N–H and O–H groups in total. The molecule has 6 nitrogen and oxygen atoms in total. The molecule has 138 valence electrons. The summed E-state index contributed by atoms with van der Waals surface area (Å²) < 4.78 is 0. The predicted molar refractivity (Wildman–Crippen MR) is 105 cm³/mol. The number of benzene rings is 2. The van der Waals surface area contributed by atoms with Gasteiger partial charge in [0, 0.05) is 24.3 Å². The van der Waals surface area contributed by atoms with E-state index in [-0.39, 0.29) is 11.4 Å². The predicted octanol–water partition coefficient (Wildman–Crippen LogP) is 2.83. The Morgan fingerprint density at radius 2 is 1.14 bits per heavy atom. The third kappa shape index (κ3) is 2.58. The minimum absolute atomic E-state index is 0.215. The van der Waals surface area contributed by atoms with Crippen molar-refractivity contribution in [1.82, 2.24) is 0 Å². The molecule has 0 aliphatic carbocycles. The van der Waals surface area contributed by atoms with Crippen molar-refractivity contribution in [3.63, 3.8) is 0 Å². The van der Waals surface area contributed by atoms with E-state index in [4.69, 9.17) is 0 Å². The maximum atomic E-state index is 12.4. The number of carbonyl (C=O) groups is 4. The molecule has 2 heterocycles. The Morgan fingerprint density at radius 1 is 0.643 bits per heavy atom. The van der Waals surface area contributed by atoms with Crippen LogP contribution in [0.1, 0.15) is 11.1 Å². The highest BCUT2D eigenvalue weighted by atomic mass is 16.2. The fourth-order valence-electron chi connectivity index (χ4n) is 3.51. The summed E-state index contributed by atoms with van der Waals surface area (Å²) in [6.45, 7) is 3.66. The van der Waals surface area contributed by atoms with E-state index in [0.29, 0.717) is 5.56 Å². The van der Waals surface area contributed by atoms with Crippen LogP contribution in [0.5, 0.6) is 0 Å². The second-order valence-corrected chi connectivity index (χ2v) is 6.60. The molecular weight excluding hydrogens is 356 g/mol. The molecule has 2 aliphatic heterocycles. The topological polar surface area (TPSA) is 74.8 Å². The normalized spacial score (nSPS) is 16.1. The summed E-state index contributed by atoms with van der Waals surface area (Å²) in [5.41, 5.74) is 3.69. The molecule has 2 aromatic carbocycles. The highest BCUT2D eigenvalue weighted by molar-refractivity contribution is 6.33. The maximum absolute atomic E-state index is 12.4. The van der Waals surface area contributed by atoms with Gasteiger partial charge in [-0.25, -0.2) is 9.80 Å². The van der Waals surface area contributed by atoms with Gasteiger partial charge >= 0.3 is 0 Å². The smallest absolute Gasteiger partial charge is 0.258 e. The molecule has 0 fully saturated rings. The molecule has 28 heavy (non-hydrogen) atoms. The lowest BCUT2D eigenvalue weighted by molar-refractivity contribution is -0.122. The van der Waals surface area contributed by atoms with E-state index < -0.39 is 23.6 Å². The van der Waals surface area contributed by atoms with E-state index >= 15 is 0 Å². The molecule has 0 aromatic heterocycles. The summed E-state index contributed by atoms with van der Waals surface area (Å²) in [6.07, 6.45) is 4.71. The molecule has 2 aliphatic rings. The lowest BCUT2D eigenvalue weighted by Crippen LogP contribution is -2.36. The van der Waals surface area contributed by atoms with Crippen molar-refractivity contribution in [2.24, 2.45) is 0 Å². The Bertz CT molecular complexity index is 1080. The lowest BCUT2D eigenvalue weighted by atomic mass is 9.93. The van der Waals surface area contributed by atoms with Crippen molar-refractivity contribution in [2.75, 3.05) is 9.80 Å². The third-order valence-corrected chi connectivity index (χ3v) is 5.01. The average molecular weight is 372 g/mol. The Morgan fingerprint density at radius 3 is 1.68 bits per heavy atom. The standard InChI is InChI=1S/C22H16N2O4/c1-13-14(2)22(24-20(27)10-11-21(24)28)17(23-18(25)8-9-19(23)26)12-16(13)15-6-4-3-5-7-15/h3-12H,1-2H3. The van der Waals surface area contributed by atoms with Crippen molar-refractivity contribution < 1.29 is 19.2 Å². The van der Waals surface area contributed by atoms with E-state index in [1.807, 2.05) is 37.3 Å². The first kappa shape index (κ1) is 17.6. The van der Waals surface area contributed by atoms with Crippen molar-refractivity contribution in [3.8, 4) is 11.1 Å². The summed E-state index contributed by atoms with van der Waals surface area (Å²) in [5.74, 6) is -2.04. The van der Waals surface area contributed by atoms with Crippen LogP contribution in [0.15, 0.2) is 60.7 Å². The first-order valence-corrected chi connectivity index (χ1v) is 8.72. The van der Waals surface area contributed by atoms with E-state index in [1.54, 1.807) is 13.0 Å². The van der Waals surface area contributed by atoms with Crippen molar-refractivity contribution in [3.05, 3.63) is 71.8 Å². The number of amides is 4. The van der Waals surface area contributed by atoms with Crippen molar-refractivity contribution in [2.45, 2.75) is 13.8 Å². The van der Waals surface area contributed by atoms with Gasteiger partial charge in [-0.1, -0.05) is 30.3 Å². The first-order chi connectivity index (χ1) is 13.4. The molecule has 0 saturated heterocycles. The Labute approximate surface area is 161 Å². The molecule has 4 rings (SSSR count). The van der Waals surface area contributed by atoms with Crippen molar-refractivity contribution in [1.29, 1.82) is 0 Å². The van der Waals surface area contributed by atoms with Gasteiger partial charge in [0.1, 0.15) is 0 Å². The first-order valence-electron chi connectivity index (χ1n) is 8.72. The molecular formula is C22H16N2O4. The number of imide groups is 2. The zero-order chi connectivity index (χ0) is 20.0. The number of nitrogens with zero attached hydrogens (tertiary/aromatic N) is 2. The summed E-state index contributed by atoms with van der Waals surface area (Å²) in [5, 5.41) is 0. The SMILES string of the molecule is Cc1c(-c2ccccc2)cc(N2C(=O)C=CC2=O)c(N2C(=O)C=CC2=O)c1C. The van der Waals surface area contributed by atoms with E-state index in [2.05, 4.69) is 0 Å². The van der Waals surface area contributed by atoms with Gasteiger partial charge in [0.2, 0.25) is 0 Å². The van der Waals surface area contributed by atoms with Crippen LogP contribution in [0, 0.1) is 13.8 Å². The minimum Gasteiger partial charge on any atom is -0.269 e. The Hall–Kier alpha value is -3.80. The van der Waals surface area contributed by atoms with Crippen LogP contribution in [0.3, 0.4) is 0 Å². The average Bonchev–Trinajstić information content (AvgIpc) is 3.19. The number of rotatable bonds is 3. The molecule has 4 amide bonds. The number of anilines is 2. The van der Waals surface area contributed by atoms with E-state index in [1.165, 1.54) is 24.3 Å². The summed E-state index contributed by atoms with van der Waals surface area (Å²) in [7, 11) is 0. The molecule has 0 atom stereocenters. The molecule has 0 bridgehead atoms. The van der Waals surface area contributed by atoms with Gasteiger partial charge in [-0.05, 0) is 42.2 Å². The fourth-order valence-corrected chi connectivity index (χ4v) is 3.51. The van der Waals surface area contributed by atoms with E-state index in [9.17, 15) is 19.2 Å².